The van der Waals surface area contributed by atoms with Gasteiger partial charge in [0.1, 0.15) is 11.4 Å². The van der Waals surface area contributed by atoms with E-state index < -0.39 is 17.2 Å². The Morgan fingerprint density at radius 1 is 1.29 bits per heavy atom. The molecule has 3 heterocycles. The number of hydrogen-bond acceptors (Lipinski definition) is 4. The van der Waals surface area contributed by atoms with Gasteiger partial charge in [0.05, 0.1) is 22.2 Å². The van der Waals surface area contributed by atoms with Crippen molar-refractivity contribution in [3.05, 3.63) is 39.4 Å². The van der Waals surface area contributed by atoms with Crippen LogP contribution in [-0.2, 0) is 0 Å². The molecular formula is C21H20FN3O3. The summed E-state index contributed by atoms with van der Waals surface area (Å²) in [7, 11) is 0. The van der Waals surface area contributed by atoms with Crippen LogP contribution in [0.25, 0.3) is 10.9 Å². The quantitative estimate of drug-likeness (QED) is 0.794. The highest BCUT2D eigenvalue weighted by Crippen LogP contribution is 2.41. The normalized spacial score (nSPS) is 23.8. The number of halogens is 1. The van der Waals surface area contributed by atoms with Gasteiger partial charge in [-0.15, -0.1) is 6.42 Å². The highest BCUT2D eigenvalue weighted by atomic mass is 19.1. The molecule has 2 N–H and O–H groups in total. The van der Waals surface area contributed by atoms with Crippen LogP contribution in [0.15, 0.2) is 17.1 Å². The van der Waals surface area contributed by atoms with E-state index in [1.165, 1.54) is 12.3 Å². The van der Waals surface area contributed by atoms with Crippen molar-refractivity contribution in [1.82, 2.24) is 9.88 Å². The van der Waals surface area contributed by atoms with Gasteiger partial charge in [0.2, 0.25) is 5.43 Å². The second kappa shape index (κ2) is 6.08. The second-order valence-electron chi connectivity index (χ2n) is 8.02. The van der Waals surface area contributed by atoms with Gasteiger partial charge in [-0.05, 0) is 30.7 Å². The van der Waals surface area contributed by atoms with Crippen LogP contribution in [0.1, 0.15) is 34.8 Å². The van der Waals surface area contributed by atoms with E-state index in [0.29, 0.717) is 28.6 Å². The molecule has 28 heavy (non-hydrogen) atoms. The predicted molar refractivity (Wildman–Crippen MR) is 103 cm³/mol. The molecule has 1 aliphatic carbocycles. The number of carboxylic acids is 1. The van der Waals surface area contributed by atoms with E-state index in [1.54, 1.807) is 4.57 Å². The van der Waals surface area contributed by atoms with Crippen LogP contribution in [0.2, 0.25) is 0 Å². The average Bonchev–Trinajstić information content (AvgIpc) is 3.28. The van der Waals surface area contributed by atoms with Crippen LogP contribution in [0.5, 0.6) is 0 Å². The molecule has 7 heteroatoms. The van der Waals surface area contributed by atoms with Crippen LogP contribution in [0, 0.1) is 30.0 Å². The van der Waals surface area contributed by atoms with E-state index in [2.05, 4.69) is 11.2 Å². The van der Waals surface area contributed by atoms with Gasteiger partial charge in [0.15, 0.2) is 0 Å². The van der Waals surface area contributed by atoms with Crippen molar-refractivity contribution in [3.8, 4) is 12.3 Å². The molecule has 2 saturated heterocycles. The first kappa shape index (κ1) is 17.3. The zero-order valence-electron chi connectivity index (χ0n) is 15.2. The maximum absolute atomic E-state index is 15.2. The molecule has 3 fully saturated rings. The number of pyridine rings is 1. The van der Waals surface area contributed by atoms with Gasteiger partial charge in [-0.1, -0.05) is 5.92 Å². The first-order valence-electron chi connectivity index (χ1n) is 9.56. The highest BCUT2D eigenvalue weighted by molar-refractivity contribution is 5.96. The lowest BCUT2D eigenvalue weighted by Crippen LogP contribution is -2.28. The number of rotatable bonds is 3. The Bertz CT molecular complexity index is 1100. The summed E-state index contributed by atoms with van der Waals surface area (Å²) >= 11 is 0. The number of terminal acetylenes is 1. The molecule has 2 atom stereocenters. The molecule has 1 aromatic carbocycles. The fraction of sp³-hybridized carbons (Fsp3) is 0.429. The SMILES string of the molecule is C#Cc1c(N2CC3CNCC3C2)c(F)cc2c(=O)c(C(=O)O)cn(C3CC3)c12. The summed E-state index contributed by atoms with van der Waals surface area (Å²) in [6.07, 6.45) is 8.95. The molecule has 6 nitrogen and oxygen atoms in total. The van der Waals surface area contributed by atoms with E-state index in [1.807, 2.05) is 4.90 Å². The van der Waals surface area contributed by atoms with Gasteiger partial charge >= 0.3 is 5.97 Å². The van der Waals surface area contributed by atoms with Gasteiger partial charge in [0.25, 0.3) is 0 Å². The first-order chi connectivity index (χ1) is 13.5. The Labute approximate surface area is 160 Å². The maximum atomic E-state index is 15.2. The van der Waals surface area contributed by atoms with E-state index in [9.17, 15) is 14.7 Å². The number of benzene rings is 1. The average molecular weight is 381 g/mol. The van der Waals surface area contributed by atoms with Gasteiger partial charge in [-0.2, -0.15) is 0 Å². The number of carbonyl (C=O) groups is 1. The molecule has 2 aliphatic heterocycles. The smallest absolute Gasteiger partial charge is 0.341 e. The minimum absolute atomic E-state index is 0.0436. The van der Waals surface area contributed by atoms with Crippen molar-refractivity contribution in [3.63, 3.8) is 0 Å². The van der Waals surface area contributed by atoms with E-state index in [0.717, 1.165) is 39.0 Å². The fourth-order valence-electron chi connectivity index (χ4n) is 4.76. The van der Waals surface area contributed by atoms with Crippen molar-refractivity contribution in [1.29, 1.82) is 0 Å². The molecule has 2 unspecified atom stereocenters. The summed E-state index contributed by atoms with van der Waals surface area (Å²) in [5.74, 6) is 1.66. The van der Waals surface area contributed by atoms with Crippen molar-refractivity contribution < 1.29 is 14.3 Å². The first-order valence-corrected chi connectivity index (χ1v) is 9.56. The van der Waals surface area contributed by atoms with Gasteiger partial charge in [-0.25, -0.2) is 9.18 Å². The summed E-state index contributed by atoms with van der Waals surface area (Å²) in [6, 6.07) is 1.26. The summed E-state index contributed by atoms with van der Waals surface area (Å²) in [5, 5.41) is 12.8. The number of hydrogen-bond donors (Lipinski definition) is 2. The summed E-state index contributed by atoms with van der Waals surface area (Å²) in [4.78, 5) is 26.2. The van der Waals surface area contributed by atoms with Crippen molar-refractivity contribution >= 4 is 22.6 Å². The predicted octanol–water partition coefficient (Wildman–Crippen LogP) is 1.81. The number of aromatic nitrogens is 1. The highest BCUT2D eigenvalue weighted by Gasteiger charge is 2.38. The van der Waals surface area contributed by atoms with Crippen LogP contribution in [-0.4, -0.2) is 41.8 Å². The lowest BCUT2D eigenvalue weighted by molar-refractivity contribution is 0.0695. The third kappa shape index (κ3) is 2.45. The number of fused-ring (bicyclic) bond motifs is 2. The molecule has 1 saturated carbocycles. The minimum Gasteiger partial charge on any atom is -0.477 e. The van der Waals surface area contributed by atoms with E-state index in [4.69, 9.17) is 6.42 Å². The molecule has 3 aliphatic rings. The van der Waals surface area contributed by atoms with Crippen molar-refractivity contribution in [2.24, 2.45) is 11.8 Å². The molecule has 0 spiro atoms. The Morgan fingerprint density at radius 3 is 2.54 bits per heavy atom. The Morgan fingerprint density at radius 2 is 1.96 bits per heavy atom. The lowest BCUT2D eigenvalue weighted by Gasteiger charge is -2.24. The number of aromatic carboxylic acids is 1. The number of anilines is 1. The minimum atomic E-state index is -1.31. The molecule has 144 valence electrons. The molecule has 5 rings (SSSR count). The zero-order chi connectivity index (χ0) is 19.6. The second-order valence-corrected chi connectivity index (χ2v) is 8.02. The largest absolute Gasteiger partial charge is 0.477 e. The third-order valence-corrected chi connectivity index (χ3v) is 6.26. The molecule has 1 aromatic heterocycles. The number of nitrogens with zero attached hydrogens (tertiary/aromatic N) is 2. The fourth-order valence-corrected chi connectivity index (χ4v) is 4.76. The third-order valence-electron chi connectivity index (χ3n) is 6.26. The zero-order valence-corrected chi connectivity index (χ0v) is 15.2. The maximum Gasteiger partial charge on any atom is 0.341 e. The number of carboxylic acid groups (broad SMARTS) is 1. The lowest BCUT2D eigenvalue weighted by atomic mass is 10.0. The van der Waals surface area contributed by atoms with Crippen molar-refractivity contribution in [2.45, 2.75) is 18.9 Å². The number of nitrogens with one attached hydrogen (secondary N) is 1. The molecule has 0 bridgehead atoms. The molecule has 0 amide bonds. The monoisotopic (exact) mass is 381 g/mol. The summed E-state index contributed by atoms with van der Waals surface area (Å²) in [6.45, 7) is 3.26. The van der Waals surface area contributed by atoms with E-state index >= 15 is 4.39 Å². The Hall–Kier alpha value is -2.85. The standard InChI is InChI=1S/C21H20FN3O3/c1-2-14-18-15(20(26)16(21(27)28)10-25(18)13-3-4-13)5-17(22)19(14)24-8-11-6-23-7-12(11)9-24/h1,5,10-13,23H,3-4,6-9H2,(H,27,28). The molecular weight excluding hydrogens is 361 g/mol. The van der Waals surface area contributed by atoms with Gasteiger partial charge < -0.3 is 19.9 Å². The van der Waals surface area contributed by atoms with E-state index in [-0.39, 0.29) is 17.0 Å². The molecule has 2 aromatic rings. The topological polar surface area (TPSA) is 74.6 Å². The summed E-state index contributed by atoms with van der Waals surface area (Å²) in [5.41, 5.74) is 0.150. The van der Waals surface area contributed by atoms with Crippen LogP contribution < -0.4 is 15.6 Å². The van der Waals surface area contributed by atoms with Gasteiger partial charge in [0, 0.05) is 38.4 Å². The van der Waals surface area contributed by atoms with Crippen LogP contribution >= 0.6 is 0 Å². The van der Waals surface area contributed by atoms with Crippen LogP contribution in [0.3, 0.4) is 0 Å². The summed E-state index contributed by atoms with van der Waals surface area (Å²) < 4.78 is 17.0. The van der Waals surface area contributed by atoms with Crippen molar-refractivity contribution in [2.75, 3.05) is 31.1 Å². The van der Waals surface area contributed by atoms with Gasteiger partial charge in [-0.3, -0.25) is 4.79 Å². The van der Waals surface area contributed by atoms with Crippen LogP contribution in [0.4, 0.5) is 10.1 Å². The Balaban J connectivity index is 1.77. The molecule has 0 radical (unpaired) electrons. The Kier molecular flexibility index (Phi) is 3.75.